The number of nitrogens with one attached hydrogen (secondary N) is 2. The molecule has 1 atom stereocenters. The normalized spacial score (nSPS) is 17.5. The number of ether oxygens (including phenoxy) is 1. The largest absolute Gasteiger partial charge is 0.476 e. The van der Waals surface area contributed by atoms with Crippen LogP contribution in [-0.4, -0.2) is 43.3 Å². The summed E-state index contributed by atoms with van der Waals surface area (Å²) < 4.78 is 94.1. The van der Waals surface area contributed by atoms with Crippen LogP contribution in [-0.2, 0) is 16.9 Å². The summed E-state index contributed by atoms with van der Waals surface area (Å²) in [6.07, 6.45) is -1.96. The first-order chi connectivity index (χ1) is 20.8. The first kappa shape index (κ1) is 31.4. The van der Waals surface area contributed by atoms with Crippen molar-refractivity contribution in [3.63, 3.8) is 0 Å². The van der Waals surface area contributed by atoms with Gasteiger partial charge < -0.3 is 10.1 Å². The van der Waals surface area contributed by atoms with Gasteiger partial charge in [-0.3, -0.25) is 4.72 Å². The Morgan fingerprint density at radius 2 is 1.75 bits per heavy atom. The van der Waals surface area contributed by atoms with E-state index in [1.807, 2.05) is 0 Å². The van der Waals surface area contributed by atoms with E-state index in [1.165, 1.54) is 41.2 Å². The van der Waals surface area contributed by atoms with Crippen molar-refractivity contribution in [3.05, 3.63) is 72.4 Å². The summed E-state index contributed by atoms with van der Waals surface area (Å²) in [7, 11) is -1.84. The third-order valence-electron chi connectivity index (χ3n) is 7.19. The van der Waals surface area contributed by atoms with E-state index in [4.69, 9.17) is 4.74 Å². The second-order valence-electron chi connectivity index (χ2n) is 11.1. The fraction of sp³-hybridized carbons (Fsp3) is 0.367. The van der Waals surface area contributed by atoms with Crippen molar-refractivity contribution in [2.75, 3.05) is 23.2 Å². The molecule has 4 bridgehead atoms. The minimum absolute atomic E-state index is 0.0831. The molecule has 8 nitrogen and oxygen atoms in total. The Hall–Kier alpha value is -4.07. The van der Waals surface area contributed by atoms with Crippen LogP contribution in [0.3, 0.4) is 0 Å². The van der Waals surface area contributed by atoms with E-state index < -0.39 is 35.1 Å². The van der Waals surface area contributed by atoms with Crippen LogP contribution in [0.15, 0.2) is 71.9 Å². The van der Waals surface area contributed by atoms with Gasteiger partial charge in [-0.15, -0.1) is 5.10 Å². The average Bonchev–Trinajstić information content (AvgIpc) is 3.46. The number of benzene rings is 1. The molecule has 0 fully saturated rings. The van der Waals surface area contributed by atoms with Gasteiger partial charge in [-0.1, -0.05) is 36.8 Å². The molecular weight excluding hydrogens is 603 g/mol. The fourth-order valence-corrected chi connectivity index (χ4v) is 5.31. The molecule has 0 saturated carbocycles. The van der Waals surface area contributed by atoms with Crippen molar-refractivity contribution in [2.45, 2.75) is 56.7 Å². The molecule has 4 aromatic rings. The molecule has 0 amide bonds. The van der Waals surface area contributed by atoms with Gasteiger partial charge in [0.1, 0.15) is 18.2 Å². The number of aromatic nitrogens is 4. The molecule has 234 valence electrons. The molecule has 1 aliphatic heterocycles. The van der Waals surface area contributed by atoms with Crippen molar-refractivity contribution < 1.29 is 30.9 Å². The molecule has 0 saturated heterocycles. The number of hydrogen-bond donors (Lipinski definition) is 2. The zero-order valence-corrected chi connectivity index (χ0v) is 24.8. The first-order valence-corrected chi connectivity index (χ1v) is 15.1. The van der Waals surface area contributed by atoms with Crippen LogP contribution >= 0.6 is 0 Å². The van der Waals surface area contributed by atoms with Gasteiger partial charge in [0.15, 0.2) is 16.0 Å². The Labute approximate surface area is 253 Å². The predicted molar refractivity (Wildman–Crippen MR) is 157 cm³/mol. The minimum atomic E-state index is -4.49. The van der Waals surface area contributed by atoms with Crippen LogP contribution in [0.25, 0.3) is 16.9 Å². The van der Waals surface area contributed by atoms with Crippen molar-refractivity contribution in [2.24, 2.45) is 5.41 Å². The number of fused-ring (bicyclic) bond motifs is 6. The Kier molecular flexibility index (Phi) is 8.91. The Morgan fingerprint density at radius 3 is 2.55 bits per heavy atom. The summed E-state index contributed by atoms with van der Waals surface area (Å²) in [4.78, 5) is 8.99. The highest BCUT2D eigenvalue weighted by atomic mass is 32.2. The van der Waals surface area contributed by atoms with Crippen LogP contribution < -0.4 is 14.8 Å². The molecule has 14 heteroatoms. The number of nitrogens with zero attached hydrogens (tertiary/aromatic N) is 4. The lowest BCUT2D eigenvalue weighted by molar-refractivity contribution is -0.219. The second kappa shape index (κ2) is 12.5. The fourth-order valence-electron chi connectivity index (χ4n) is 4.52. The maximum absolute atomic E-state index is 15.7. The number of hydrogen-bond acceptors (Lipinski definition) is 6. The standard InChI is InChI=1S/C30H31F5N6O2S/c1-28(2,30(33,34)35)19-43-25-15-18-41(39-25)22-13-14-24-38-27(22)20-9-4-5-10-21(20)29(31,32)16-6-3-7-17-36-23-11-8-12-26(37-23)44(42)40-24/h4-5,8-15,18H,3,6-7,16-17,19H2,1-2H3,(H,36,37)(H,38,40). The summed E-state index contributed by atoms with van der Waals surface area (Å²) >= 11 is 0. The van der Waals surface area contributed by atoms with Gasteiger partial charge in [0.05, 0.1) is 16.8 Å². The highest BCUT2D eigenvalue weighted by Gasteiger charge is 2.48. The summed E-state index contributed by atoms with van der Waals surface area (Å²) in [5.74, 6) is -2.64. The zero-order chi connectivity index (χ0) is 31.5. The lowest BCUT2D eigenvalue weighted by Gasteiger charge is -2.26. The van der Waals surface area contributed by atoms with E-state index in [1.54, 1.807) is 30.3 Å². The monoisotopic (exact) mass is 634 g/mol. The van der Waals surface area contributed by atoms with E-state index in [0.29, 0.717) is 25.2 Å². The van der Waals surface area contributed by atoms with E-state index in [2.05, 4.69) is 25.1 Å². The molecule has 44 heavy (non-hydrogen) atoms. The molecule has 1 aromatic carbocycles. The van der Waals surface area contributed by atoms with E-state index >= 15 is 8.78 Å². The van der Waals surface area contributed by atoms with Crippen LogP contribution in [0.4, 0.5) is 33.6 Å². The van der Waals surface area contributed by atoms with Gasteiger partial charge in [-0.2, -0.15) is 13.2 Å². The van der Waals surface area contributed by atoms with Crippen molar-refractivity contribution in [3.8, 4) is 22.8 Å². The Balaban J connectivity index is 1.57. The number of anilines is 2. The van der Waals surface area contributed by atoms with Gasteiger partial charge >= 0.3 is 6.18 Å². The van der Waals surface area contributed by atoms with Crippen LogP contribution in [0.1, 0.15) is 45.1 Å². The minimum Gasteiger partial charge on any atom is -0.476 e. The van der Waals surface area contributed by atoms with Crippen molar-refractivity contribution in [1.29, 1.82) is 0 Å². The van der Waals surface area contributed by atoms with E-state index in [9.17, 15) is 17.4 Å². The summed E-state index contributed by atoms with van der Waals surface area (Å²) in [5, 5.41) is 7.65. The van der Waals surface area contributed by atoms with Crippen molar-refractivity contribution >= 4 is 22.6 Å². The first-order valence-electron chi connectivity index (χ1n) is 14.0. The number of rotatable bonds is 4. The molecule has 4 heterocycles. The lowest BCUT2D eigenvalue weighted by Crippen LogP contribution is -2.37. The van der Waals surface area contributed by atoms with Crippen LogP contribution in [0.5, 0.6) is 5.88 Å². The van der Waals surface area contributed by atoms with Crippen LogP contribution in [0.2, 0.25) is 0 Å². The topological polar surface area (TPSA) is 94.0 Å². The quantitative estimate of drug-likeness (QED) is 0.226. The van der Waals surface area contributed by atoms with E-state index in [-0.39, 0.29) is 52.1 Å². The lowest BCUT2D eigenvalue weighted by atomic mass is 9.94. The molecule has 5 rings (SSSR count). The van der Waals surface area contributed by atoms with Crippen molar-refractivity contribution in [1.82, 2.24) is 19.7 Å². The molecule has 3 aromatic heterocycles. The van der Waals surface area contributed by atoms with Gasteiger partial charge in [0, 0.05) is 36.4 Å². The second-order valence-corrected chi connectivity index (χ2v) is 12.2. The summed E-state index contributed by atoms with van der Waals surface area (Å²) in [5.41, 5.74) is -1.87. The molecule has 0 spiro atoms. The van der Waals surface area contributed by atoms with Gasteiger partial charge in [-0.05, 0) is 51.0 Å². The molecule has 0 radical (unpaired) electrons. The third kappa shape index (κ3) is 7.01. The van der Waals surface area contributed by atoms with E-state index in [0.717, 1.165) is 13.8 Å². The van der Waals surface area contributed by atoms with Gasteiger partial charge in [-0.25, -0.2) is 27.6 Å². The molecule has 1 unspecified atom stereocenters. The zero-order valence-electron chi connectivity index (χ0n) is 24.0. The van der Waals surface area contributed by atoms with Gasteiger partial charge in [0.2, 0.25) is 5.88 Å². The predicted octanol–water partition coefficient (Wildman–Crippen LogP) is 7.51. The number of halogens is 5. The van der Waals surface area contributed by atoms with Gasteiger partial charge in [0.25, 0.3) is 5.92 Å². The average molecular weight is 635 g/mol. The summed E-state index contributed by atoms with van der Waals surface area (Å²) in [6.45, 7) is 1.89. The number of alkyl halides is 5. The third-order valence-corrected chi connectivity index (χ3v) is 8.20. The highest BCUT2D eigenvalue weighted by molar-refractivity contribution is 7.86. The Morgan fingerprint density at radius 1 is 0.955 bits per heavy atom. The van der Waals surface area contributed by atoms with Crippen LogP contribution in [0, 0.1) is 5.41 Å². The number of pyridine rings is 2. The molecular formula is C30H31F5N6O2S. The smallest absolute Gasteiger partial charge is 0.397 e. The molecule has 0 aliphatic carbocycles. The maximum atomic E-state index is 15.7. The summed E-state index contributed by atoms with van der Waals surface area (Å²) in [6, 6.07) is 15.5. The maximum Gasteiger partial charge on any atom is 0.397 e. The Bertz CT molecular complexity index is 1640. The highest BCUT2D eigenvalue weighted by Crippen LogP contribution is 2.41. The molecule has 1 aliphatic rings. The SMILES string of the molecule is CC(C)(COc1ccn(-c2ccc3nc2-c2ccccc2C(F)(F)CCCCCNc2cccc(n2)S(=O)N3)n1)C(F)(F)F. The molecule has 2 N–H and O–H groups in total.